The van der Waals surface area contributed by atoms with Gasteiger partial charge in [0.05, 0.1) is 23.1 Å². The van der Waals surface area contributed by atoms with Crippen molar-refractivity contribution in [2.45, 2.75) is 37.6 Å². The molecular weight excluding hydrogens is 686 g/mol. The summed E-state index contributed by atoms with van der Waals surface area (Å²) in [5, 5.41) is 10.4. The number of imide groups is 1. The minimum absolute atomic E-state index is 0.0743. The molecule has 1 atom stereocenters. The molecule has 0 spiro atoms. The van der Waals surface area contributed by atoms with Crippen molar-refractivity contribution in [1.29, 1.82) is 0 Å². The Morgan fingerprint density at radius 2 is 1.85 bits per heavy atom. The van der Waals surface area contributed by atoms with Gasteiger partial charge in [0, 0.05) is 82.1 Å². The van der Waals surface area contributed by atoms with Gasteiger partial charge in [-0.2, -0.15) is 4.98 Å². The fourth-order valence-corrected chi connectivity index (χ4v) is 7.28. The molecule has 5 aromatic rings. The van der Waals surface area contributed by atoms with Crippen LogP contribution in [0.4, 0.5) is 23.1 Å². The minimum Gasteiger partial charge on any atom is -0.478 e. The smallest absolute Gasteiger partial charge is 0.293 e. The Labute approximate surface area is 304 Å². The van der Waals surface area contributed by atoms with Gasteiger partial charge >= 0.3 is 0 Å². The van der Waals surface area contributed by atoms with Crippen LogP contribution in [0.1, 0.15) is 37.2 Å². The summed E-state index contributed by atoms with van der Waals surface area (Å²) in [4.78, 5) is 62.6. The molecule has 2 aromatic carbocycles. The molecule has 5 heterocycles. The third-order valence-electron chi connectivity index (χ3n) is 10.1. The summed E-state index contributed by atoms with van der Waals surface area (Å²) in [6, 6.07) is 13.7. The second kappa shape index (κ2) is 14.2. The number of aryl methyl sites for hydroxylation is 2. The number of fused-ring (bicyclic) bond motifs is 2. The summed E-state index contributed by atoms with van der Waals surface area (Å²) < 4.78 is 9.04. The number of hydrogen-bond donors (Lipinski definition) is 3. The first-order chi connectivity index (χ1) is 25.0. The molecule has 270 valence electrons. The molecule has 1 unspecified atom stereocenters. The van der Waals surface area contributed by atoms with Gasteiger partial charge in [-0.1, -0.05) is 17.7 Å². The summed E-state index contributed by atoms with van der Waals surface area (Å²) in [5.74, 6) is -0.0363. The molecule has 15 heteroatoms. The van der Waals surface area contributed by atoms with Crippen LogP contribution in [0.15, 0.2) is 59.7 Å². The topological polar surface area (TPSA) is 156 Å². The number of nitrogens with zero attached hydrogens (tertiary/aromatic N) is 6. The van der Waals surface area contributed by atoms with Crippen molar-refractivity contribution < 1.29 is 19.1 Å². The highest BCUT2D eigenvalue weighted by Gasteiger charge is 2.31. The van der Waals surface area contributed by atoms with Crippen LogP contribution in [-0.2, 0) is 28.5 Å². The molecule has 3 aromatic heterocycles. The quantitative estimate of drug-likeness (QED) is 0.190. The zero-order valence-corrected chi connectivity index (χ0v) is 30.2. The van der Waals surface area contributed by atoms with E-state index < -0.39 is 0 Å². The average Bonchev–Trinajstić information content (AvgIpc) is 3.47. The van der Waals surface area contributed by atoms with Crippen molar-refractivity contribution in [1.82, 2.24) is 29.7 Å². The van der Waals surface area contributed by atoms with E-state index in [0.717, 1.165) is 53.5 Å². The van der Waals surface area contributed by atoms with Crippen LogP contribution < -0.4 is 36.0 Å². The Balaban J connectivity index is 1.03. The summed E-state index contributed by atoms with van der Waals surface area (Å²) in [5.41, 5.74) is 4.19. The Hall–Kier alpha value is -5.63. The largest absolute Gasteiger partial charge is 0.478 e. The van der Waals surface area contributed by atoms with Gasteiger partial charge in [0.2, 0.25) is 17.8 Å². The number of aromatic nitrogens is 4. The number of carbonyl (C=O) groups excluding carboxylic acids is 3. The highest BCUT2D eigenvalue weighted by Crippen LogP contribution is 2.35. The van der Waals surface area contributed by atoms with Crippen molar-refractivity contribution >= 4 is 74.3 Å². The number of benzene rings is 2. The highest BCUT2D eigenvalue weighted by molar-refractivity contribution is 6.33. The molecule has 52 heavy (non-hydrogen) atoms. The van der Waals surface area contributed by atoms with Gasteiger partial charge in [0.15, 0.2) is 18.2 Å². The van der Waals surface area contributed by atoms with Crippen LogP contribution in [0, 0.1) is 0 Å². The molecule has 0 saturated carbocycles. The first-order valence-electron chi connectivity index (χ1n) is 17.2. The fraction of sp³-hybridized carbons (Fsp3) is 0.351. The molecule has 2 aliphatic heterocycles. The second-order valence-electron chi connectivity index (χ2n) is 13.3. The van der Waals surface area contributed by atoms with E-state index in [1.165, 1.54) is 11.6 Å². The molecule has 2 fully saturated rings. The molecule has 3 amide bonds. The number of pyridine rings is 1. The van der Waals surface area contributed by atoms with Crippen LogP contribution in [0.2, 0.25) is 5.02 Å². The molecule has 0 radical (unpaired) electrons. The molecule has 7 rings (SSSR count). The number of hydrogen-bond acceptors (Lipinski definition) is 10. The predicted molar refractivity (Wildman–Crippen MR) is 201 cm³/mol. The summed E-state index contributed by atoms with van der Waals surface area (Å²) >= 11 is 6.56. The lowest BCUT2D eigenvalue weighted by Crippen LogP contribution is -2.44. The fourth-order valence-electron chi connectivity index (χ4n) is 7.14. The van der Waals surface area contributed by atoms with Gasteiger partial charge in [0.25, 0.3) is 11.5 Å². The number of nitrogens with one attached hydrogen (secondary N) is 3. The number of piperidine rings is 2. The van der Waals surface area contributed by atoms with Crippen LogP contribution >= 0.6 is 11.6 Å². The van der Waals surface area contributed by atoms with Crippen LogP contribution in [-0.4, -0.2) is 76.7 Å². The maximum Gasteiger partial charge on any atom is 0.293 e. The molecule has 14 nitrogen and oxygen atoms in total. The number of ether oxygens (including phenoxy) is 1. The van der Waals surface area contributed by atoms with Crippen LogP contribution in [0.25, 0.3) is 21.8 Å². The zero-order valence-electron chi connectivity index (χ0n) is 29.4. The molecule has 0 bridgehead atoms. The summed E-state index contributed by atoms with van der Waals surface area (Å²) in [6.45, 7) is 1.43. The Bertz CT molecular complexity index is 2280. The lowest BCUT2D eigenvalue weighted by Gasteiger charge is -2.38. The predicted octanol–water partition coefficient (Wildman–Crippen LogP) is 3.97. The number of halogens is 1. The van der Waals surface area contributed by atoms with Crippen molar-refractivity contribution in [2.75, 3.05) is 48.9 Å². The number of anilines is 4. The highest BCUT2D eigenvalue weighted by atomic mass is 35.5. The maximum absolute atomic E-state index is 12.8. The van der Waals surface area contributed by atoms with Gasteiger partial charge in [-0.3, -0.25) is 24.5 Å². The molecule has 0 aliphatic carbocycles. The maximum atomic E-state index is 12.8. The van der Waals surface area contributed by atoms with Gasteiger partial charge < -0.3 is 34.3 Å². The van der Waals surface area contributed by atoms with E-state index in [-0.39, 0.29) is 47.6 Å². The van der Waals surface area contributed by atoms with Gasteiger partial charge in [-0.15, -0.1) is 0 Å². The lowest BCUT2D eigenvalue weighted by atomic mass is 9.90. The first kappa shape index (κ1) is 34.8. The first-order valence-corrected chi connectivity index (χ1v) is 17.6. The average molecular weight is 726 g/mol. The third-order valence-corrected chi connectivity index (χ3v) is 10.4. The number of likely N-dealkylation sites (N-methyl/N-ethyl adjacent to an activating group) is 1. The minimum atomic E-state index is -0.340. The second-order valence-corrected chi connectivity index (χ2v) is 13.7. The number of rotatable bonds is 9. The molecule has 2 aliphatic rings. The van der Waals surface area contributed by atoms with E-state index in [0.29, 0.717) is 40.8 Å². The van der Waals surface area contributed by atoms with Gasteiger partial charge in [0.1, 0.15) is 5.02 Å². The summed E-state index contributed by atoms with van der Waals surface area (Å²) in [6.07, 6.45) is 6.26. The molecule has 3 N–H and O–H groups in total. The van der Waals surface area contributed by atoms with Crippen LogP contribution in [0.5, 0.6) is 5.75 Å². The van der Waals surface area contributed by atoms with E-state index in [1.807, 2.05) is 38.5 Å². The zero-order chi connectivity index (χ0) is 36.7. The SMILES string of the molecule is CNC(=O)COc1cc2cc(Nc3nc(N(C)C4CCN(c5ccc6c(C7CCC(=O)NC7=O)cn(C)c6c5)CC4)ncc3Cl)ccc2n(C)c1=O. The van der Waals surface area contributed by atoms with E-state index in [2.05, 4.69) is 53.5 Å². The Morgan fingerprint density at radius 3 is 2.60 bits per heavy atom. The van der Waals surface area contributed by atoms with Crippen molar-refractivity contribution in [3.8, 4) is 5.75 Å². The number of carbonyl (C=O) groups is 3. The third kappa shape index (κ3) is 6.73. The van der Waals surface area contributed by atoms with E-state index in [4.69, 9.17) is 21.3 Å². The van der Waals surface area contributed by atoms with Crippen molar-refractivity contribution in [2.24, 2.45) is 14.1 Å². The van der Waals surface area contributed by atoms with Gasteiger partial charge in [-0.25, -0.2) is 4.98 Å². The van der Waals surface area contributed by atoms with Gasteiger partial charge in [-0.05, 0) is 61.2 Å². The Morgan fingerprint density at radius 1 is 1.06 bits per heavy atom. The lowest BCUT2D eigenvalue weighted by molar-refractivity contribution is -0.134. The van der Waals surface area contributed by atoms with E-state index >= 15 is 0 Å². The summed E-state index contributed by atoms with van der Waals surface area (Å²) in [7, 11) is 7.14. The van der Waals surface area contributed by atoms with Crippen molar-refractivity contribution in [3.05, 3.63) is 75.8 Å². The normalized spacial score (nSPS) is 16.6. The standard InChI is InChI=1S/C37H40ClN9O5/c1-39-33(49)20-52-31-16-21-15-22(5-9-29(21)46(4)36(31)51)41-34-28(38)18-40-37(43-34)45(3)23-11-13-47(14-12-23)24-6-7-25-27(19-44(2)30(25)17-24)26-8-10-32(48)42-35(26)50/h5-7,9,15-19,23,26H,8,10-14,20H2,1-4H3,(H,39,49)(H,40,41,43)(H,42,48,50). The number of amides is 3. The van der Waals surface area contributed by atoms with Crippen molar-refractivity contribution in [3.63, 3.8) is 0 Å². The van der Waals surface area contributed by atoms with E-state index in [9.17, 15) is 19.2 Å². The Kier molecular flexibility index (Phi) is 9.49. The van der Waals surface area contributed by atoms with Crippen LogP contribution in [0.3, 0.4) is 0 Å². The van der Waals surface area contributed by atoms with E-state index in [1.54, 1.807) is 19.3 Å². The molecular formula is C37H40ClN9O5. The monoisotopic (exact) mass is 725 g/mol. The molecule has 2 saturated heterocycles.